The van der Waals surface area contributed by atoms with E-state index in [1.165, 1.54) is 63.4 Å². The summed E-state index contributed by atoms with van der Waals surface area (Å²) in [6.45, 7) is 14.3. The van der Waals surface area contributed by atoms with Gasteiger partial charge < -0.3 is 13.8 Å². The second kappa shape index (κ2) is 17.5. The summed E-state index contributed by atoms with van der Waals surface area (Å²) in [5.41, 5.74) is 11.0. The molecule has 0 spiro atoms. The largest absolute Gasteiger partial charge is 4.00 e. The van der Waals surface area contributed by atoms with Crippen LogP contribution in [-0.4, -0.2) is 8.80 Å². The van der Waals surface area contributed by atoms with Gasteiger partial charge in [-0.3, -0.25) is 0 Å². The van der Waals surface area contributed by atoms with Crippen LogP contribution in [0.25, 0.3) is 22.3 Å². The van der Waals surface area contributed by atoms with Gasteiger partial charge in [0.05, 0.1) is 0 Å². The van der Waals surface area contributed by atoms with Crippen molar-refractivity contribution in [3.8, 4) is 22.3 Å². The maximum atomic E-state index is 3.78. The van der Waals surface area contributed by atoms with E-state index < -0.39 is 0 Å². The minimum absolute atomic E-state index is 0. The van der Waals surface area contributed by atoms with Crippen LogP contribution in [-0.2, 0) is 39.0 Å². The summed E-state index contributed by atoms with van der Waals surface area (Å²) in [6.07, 6.45) is 6.85. The molecule has 0 aliphatic heterocycles. The first-order valence-electron chi connectivity index (χ1n) is 13.8. The molecule has 0 atom stereocenters. The third kappa shape index (κ3) is 9.32. The Morgan fingerprint density at radius 3 is 1.45 bits per heavy atom. The summed E-state index contributed by atoms with van der Waals surface area (Å²) < 4.78 is 0. The van der Waals surface area contributed by atoms with Gasteiger partial charge in [0.15, 0.2) is 0 Å². The van der Waals surface area contributed by atoms with Crippen molar-refractivity contribution in [3.63, 3.8) is 0 Å². The Balaban J connectivity index is 0.000000193. The van der Waals surface area contributed by atoms with Gasteiger partial charge in [0.1, 0.15) is 0 Å². The van der Waals surface area contributed by atoms with Crippen molar-refractivity contribution >= 4 is 8.80 Å². The Hall–Kier alpha value is -2.02. The monoisotopic (exact) mass is 592 g/mol. The number of hydrogen-bond acceptors (Lipinski definition) is 0. The molecular weight excluding hydrogens is 552 g/mol. The fourth-order valence-corrected chi connectivity index (χ4v) is 5.65. The number of fused-ring (bicyclic) bond motifs is 6. The van der Waals surface area contributed by atoms with Crippen molar-refractivity contribution in [2.45, 2.75) is 64.6 Å². The average molecular weight is 594 g/mol. The van der Waals surface area contributed by atoms with Crippen LogP contribution in [0.4, 0.5) is 0 Å². The van der Waals surface area contributed by atoms with E-state index in [9.17, 15) is 0 Å². The molecule has 0 aromatic heterocycles. The minimum Gasteiger partial charge on any atom is -0.343 e. The van der Waals surface area contributed by atoms with Gasteiger partial charge in [0, 0.05) is 8.80 Å². The number of unbranched alkanes of at least 4 members (excludes halogenated alkanes) is 2. The fraction of sp³-hybridized carbons (Fsp3) is 0.278. The Bertz CT molecular complexity index is 1050. The summed E-state index contributed by atoms with van der Waals surface area (Å²) in [6, 6.07) is 37.7. The van der Waals surface area contributed by atoms with Crippen molar-refractivity contribution in [2.75, 3.05) is 0 Å². The number of hydrogen-bond donors (Lipinski definition) is 0. The Morgan fingerprint density at radius 1 is 0.658 bits per heavy atom. The van der Waals surface area contributed by atoms with Gasteiger partial charge in [-0.1, -0.05) is 110 Å². The topological polar surface area (TPSA) is 0 Å². The van der Waals surface area contributed by atoms with Gasteiger partial charge in [0.2, 0.25) is 0 Å². The molecule has 0 heterocycles. The summed E-state index contributed by atoms with van der Waals surface area (Å²) in [5.74, 6) is 0. The van der Waals surface area contributed by atoms with E-state index in [4.69, 9.17) is 0 Å². The molecule has 0 radical (unpaired) electrons. The van der Waals surface area contributed by atoms with E-state index in [1.54, 1.807) is 0 Å². The first-order valence-corrected chi connectivity index (χ1v) is 17.0. The first-order chi connectivity index (χ1) is 18.1. The molecule has 0 nitrogen and oxygen atoms in total. The molecule has 2 heteroatoms. The summed E-state index contributed by atoms with van der Waals surface area (Å²) in [7, 11) is -0.228. The summed E-state index contributed by atoms with van der Waals surface area (Å²) in [5, 5.41) is 0. The Kier molecular flexibility index (Phi) is 14.9. The van der Waals surface area contributed by atoms with E-state index in [0.717, 1.165) is 25.7 Å². The normalized spacial score (nSPS) is 11.1. The van der Waals surface area contributed by atoms with Crippen LogP contribution >= 0.6 is 0 Å². The molecule has 0 fully saturated rings. The van der Waals surface area contributed by atoms with Crippen molar-refractivity contribution in [3.05, 3.63) is 133 Å². The molecule has 4 aromatic carbocycles. The molecule has 194 valence electrons. The molecule has 38 heavy (non-hydrogen) atoms. The van der Waals surface area contributed by atoms with Crippen molar-refractivity contribution in [1.29, 1.82) is 0 Å². The molecule has 6 rings (SSSR count). The van der Waals surface area contributed by atoms with Crippen molar-refractivity contribution < 1.29 is 26.2 Å². The third-order valence-corrected chi connectivity index (χ3v) is 8.18. The van der Waals surface area contributed by atoms with Gasteiger partial charge in [-0.2, -0.15) is 72.5 Å². The zero-order chi connectivity index (χ0) is 26.5. The molecule has 0 saturated heterocycles. The van der Waals surface area contributed by atoms with Crippen LogP contribution in [0.5, 0.6) is 0 Å². The van der Waals surface area contributed by atoms with Crippen LogP contribution in [0.3, 0.4) is 0 Å². The summed E-state index contributed by atoms with van der Waals surface area (Å²) >= 11 is 0. The van der Waals surface area contributed by atoms with Crippen LogP contribution < -0.4 is 0 Å². The molecule has 2 aliphatic rings. The van der Waals surface area contributed by atoms with Crippen LogP contribution in [0, 0.1) is 26.0 Å². The van der Waals surface area contributed by atoms with Crippen LogP contribution in [0.1, 0.15) is 54.9 Å². The van der Waals surface area contributed by atoms with E-state index in [2.05, 4.69) is 119 Å². The van der Waals surface area contributed by atoms with Crippen LogP contribution in [0.15, 0.2) is 84.9 Å². The number of rotatable bonds is 4. The minimum atomic E-state index is -0.228. The Morgan fingerprint density at radius 2 is 1.08 bits per heavy atom. The molecule has 0 amide bonds. The van der Waals surface area contributed by atoms with Crippen molar-refractivity contribution in [2.24, 2.45) is 0 Å². The molecule has 0 N–H and O–H groups in total. The van der Waals surface area contributed by atoms with Crippen molar-refractivity contribution in [1.82, 2.24) is 0 Å². The van der Waals surface area contributed by atoms with Crippen LogP contribution in [0.2, 0.25) is 19.1 Å². The van der Waals surface area contributed by atoms with E-state index >= 15 is 0 Å². The van der Waals surface area contributed by atoms with E-state index in [1.807, 2.05) is 12.1 Å². The smallest absolute Gasteiger partial charge is 0.343 e. The quantitative estimate of drug-likeness (QED) is 0.141. The summed E-state index contributed by atoms with van der Waals surface area (Å²) in [4.78, 5) is 0. The standard InChI is InChI=1S/2C13H9.C6H15Si.C4H9.Zr/c2*1-3-7-12-10(5-1)9-11-6-2-4-8-13(11)12;1-4-5-6-7(2)3;1-3-4-2;/h2*1-5,7-8H,9H2;7H,1,4-6H2,2-3H3;1,3-4H2,2H3;/q4*-1;+4. The Labute approximate surface area is 253 Å². The second-order valence-corrected chi connectivity index (χ2v) is 13.4. The molecule has 0 bridgehead atoms. The molecule has 0 saturated carbocycles. The molecular formula is C36H42SiZr. The maximum absolute atomic E-state index is 3.78. The average Bonchev–Trinajstić information content (AvgIpc) is 3.51. The SMILES string of the molecule is [CH2-]CCC.[CH2-]CCC[SiH](C)C.[Zr+4].[c-]1cccc2c1Cc1ccccc1-2.[c-]1cccc2c1Cc1ccccc1-2. The first kappa shape index (κ1) is 32.2. The maximum Gasteiger partial charge on any atom is 4.00 e. The van der Waals surface area contributed by atoms with Gasteiger partial charge >= 0.3 is 26.2 Å². The molecule has 2 aliphatic carbocycles. The van der Waals surface area contributed by atoms with Gasteiger partial charge in [0.25, 0.3) is 0 Å². The third-order valence-electron chi connectivity index (χ3n) is 6.62. The predicted molar refractivity (Wildman–Crippen MR) is 166 cm³/mol. The zero-order valence-electron chi connectivity index (χ0n) is 23.5. The van der Waals surface area contributed by atoms with Gasteiger partial charge in [-0.05, 0) is 12.8 Å². The predicted octanol–water partition coefficient (Wildman–Crippen LogP) is 9.82. The molecule has 0 unspecified atom stereocenters. The van der Waals surface area contributed by atoms with E-state index in [-0.39, 0.29) is 35.0 Å². The zero-order valence-corrected chi connectivity index (χ0v) is 27.1. The molecule has 4 aromatic rings. The second-order valence-electron chi connectivity index (χ2n) is 10.0. The van der Waals surface area contributed by atoms with Gasteiger partial charge in [-0.15, -0.1) is 11.1 Å². The number of benzene rings is 4. The van der Waals surface area contributed by atoms with Gasteiger partial charge in [-0.25, -0.2) is 0 Å². The van der Waals surface area contributed by atoms with E-state index in [0.29, 0.717) is 0 Å². The fourth-order valence-electron chi connectivity index (χ4n) is 4.55.